The monoisotopic (exact) mass is 407 g/mol. The van der Waals surface area contributed by atoms with Crippen LogP contribution in [-0.2, 0) is 19.1 Å². The lowest BCUT2D eigenvalue weighted by Gasteiger charge is -2.23. The van der Waals surface area contributed by atoms with Crippen LogP contribution in [0.1, 0.15) is 52.1 Å². The third kappa shape index (κ3) is 6.44. The van der Waals surface area contributed by atoms with Gasteiger partial charge in [-0.25, -0.2) is 0 Å². The Bertz CT molecular complexity index is 712. The maximum atomic E-state index is 12.5. The molecule has 162 valence electrons. The molecule has 0 bridgehead atoms. The Morgan fingerprint density at radius 2 is 1.86 bits per heavy atom. The van der Waals surface area contributed by atoms with Crippen LogP contribution >= 0.6 is 0 Å². The highest BCUT2D eigenvalue weighted by Gasteiger charge is 2.42. The molecule has 3 atom stereocenters. The molecule has 0 aromatic heterocycles. The molecule has 1 aromatic carbocycles. The van der Waals surface area contributed by atoms with E-state index in [1.165, 1.54) is 0 Å². The number of carbonyl (C=O) groups is 2. The minimum atomic E-state index is -0.577. The van der Waals surface area contributed by atoms with Crippen molar-refractivity contribution in [3.05, 3.63) is 23.8 Å². The van der Waals surface area contributed by atoms with Crippen molar-refractivity contribution in [2.45, 2.75) is 58.2 Å². The Kier molecular flexibility index (Phi) is 8.05. The molecular formula is C22H33NO6. The van der Waals surface area contributed by atoms with Crippen LogP contribution in [0.2, 0.25) is 0 Å². The number of ether oxygens (including phenoxy) is 4. The van der Waals surface area contributed by atoms with Crippen LogP contribution in [0.25, 0.3) is 0 Å². The molecule has 1 aromatic rings. The van der Waals surface area contributed by atoms with Crippen molar-refractivity contribution in [3.8, 4) is 11.5 Å². The van der Waals surface area contributed by atoms with Crippen molar-refractivity contribution in [1.82, 2.24) is 5.32 Å². The van der Waals surface area contributed by atoms with Crippen molar-refractivity contribution < 1.29 is 28.5 Å². The number of Topliss-reactive ketones (excluding diaryl/α,β-unsaturated/α-hetero) is 1. The third-order valence-electron chi connectivity index (χ3n) is 4.78. The second-order valence-electron chi connectivity index (χ2n) is 8.29. The van der Waals surface area contributed by atoms with Crippen molar-refractivity contribution in [3.63, 3.8) is 0 Å². The zero-order chi connectivity index (χ0) is 21.6. The van der Waals surface area contributed by atoms with E-state index < -0.39 is 11.6 Å². The van der Waals surface area contributed by atoms with Gasteiger partial charge in [0.1, 0.15) is 17.4 Å². The highest BCUT2D eigenvalue weighted by Crippen LogP contribution is 2.38. The summed E-state index contributed by atoms with van der Waals surface area (Å²) in [5, 5.41) is 3.29. The van der Waals surface area contributed by atoms with E-state index in [2.05, 4.69) is 5.32 Å². The quantitative estimate of drug-likeness (QED) is 0.497. The zero-order valence-corrected chi connectivity index (χ0v) is 18.2. The van der Waals surface area contributed by atoms with Crippen LogP contribution in [0.4, 0.5) is 0 Å². The minimum absolute atomic E-state index is 0.0342. The molecule has 2 unspecified atom stereocenters. The topological polar surface area (TPSA) is 83.1 Å². The first kappa shape index (κ1) is 23.2. The molecule has 7 heteroatoms. The van der Waals surface area contributed by atoms with Crippen molar-refractivity contribution in [2.75, 3.05) is 27.4 Å². The predicted octanol–water partition coefficient (Wildman–Crippen LogP) is 3.06. The first-order valence-corrected chi connectivity index (χ1v) is 9.95. The van der Waals surface area contributed by atoms with E-state index >= 15 is 0 Å². The summed E-state index contributed by atoms with van der Waals surface area (Å²) in [5.74, 6) is 0.600. The smallest absolute Gasteiger partial charge is 0.323 e. The minimum Gasteiger partial charge on any atom is -0.493 e. The molecule has 1 aliphatic rings. The van der Waals surface area contributed by atoms with Gasteiger partial charge in [0.15, 0.2) is 11.5 Å². The molecule has 1 aliphatic heterocycles. The summed E-state index contributed by atoms with van der Waals surface area (Å²) in [6, 6.07) is 4.77. The van der Waals surface area contributed by atoms with E-state index in [0.29, 0.717) is 31.1 Å². The summed E-state index contributed by atoms with van der Waals surface area (Å²) in [5.41, 5.74) is 0.296. The van der Waals surface area contributed by atoms with Crippen molar-refractivity contribution in [2.24, 2.45) is 5.92 Å². The van der Waals surface area contributed by atoms with Gasteiger partial charge in [0, 0.05) is 32.1 Å². The van der Waals surface area contributed by atoms with Crippen LogP contribution in [-0.4, -0.2) is 50.8 Å². The SMILES string of the molecule is COCCCOc1cc(C2NC(C(=O)OC(C)(C)C)C[C@@H]2C(C)=O)ccc1OC. The van der Waals surface area contributed by atoms with Crippen molar-refractivity contribution in [1.29, 1.82) is 0 Å². The fourth-order valence-electron chi connectivity index (χ4n) is 3.44. The van der Waals surface area contributed by atoms with Gasteiger partial charge in [0.05, 0.1) is 13.7 Å². The number of benzene rings is 1. The van der Waals surface area contributed by atoms with E-state index in [-0.39, 0.29) is 23.7 Å². The second-order valence-corrected chi connectivity index (χ2v) is 8.29. The molecule has 0 spiro atoms. The third-order valence-corrected chi connectivity index (χ3v) is 4.78. The number of esters is 1. The van der Waals surface area contributed by atoms with Gasteiger partial charge in [-0.2, -0.15) is 0 Å². The first-order chi connectivity index (χ1) is 13.7. The van der Waals surface area contributed by atoms with Gasteiger partial charge in [-0.05, 0) is 51.8 Å². The van der Waals surface area contributed by atoms with Crippen molar-refractivity contribution >= 4 is 11.8 Å². The van der Waals surface area contributed by atoms with Crippen LogP contribution in [0.15, 0.2) is 18.2 Å². The Hall–Kier alpha value is -2.12. The average molecular weight is 408 g/mol. The fraction of sp³-hybridized carbons (Fsp3) is 0.636. The largest absolute Gasteiger partial charge is 0.493 e. The molecular weight excluding hydrogens is 374 g/mol. The predicted molar refractivity (Wildman–Crippen MR) is 109 cm³/mol. The molecule has 1 fully saturated rings. The molecule has 0 amide bonds. The maximum absolute atomic E-state index is 12.5. The summed E-state index contributed by atoms with van der Waals surface area (Å²) in [7, 11) is 3.23. The molecule has 1 saturated heterocycles. The number of methoxy groups -OCH3 is 2. The van der Waals surface area contributed by atoms with Crippen LogP contribution in [0.5, 0.6) is 11.5 Å². The number of hydrogen-bond acceptors (Lipinski definition) is 7. The van der Waals surface area contributed by atoms with E-state index in [4.69, 9.17) is 18.9 Å². The van der Waals surface area contributed by atoms with Gasteiger partial charge in [-0.1, -0.05) is 6.07 Å². The Labute approximate surface area is 173 Å². The number of carbonyl (C=O) groups excluding carboxylic acids is 2. The summed E-state index contributed by atoms with van der Waals surface area (Å²) < 4.78 is 21.8. The summed E-state index contributed by atoms with van der Waals surface area (Å²) in [6.45, 7) is 8.14. The standard InChI is InChI=1S/C22H33NO6/c1-14(24)16-13-17(21(25)29-22(2,3)4)23-20(16)15-8-9-18(27-6)19(12-15)28-11-7-10-26-5/h8-9,12,16-17,20,23H,7,10-11,13H2,1-6H3/t16-,17?,20?/m1/s1. The molecule has 29 heavy (non-hydrogen) atoms. The Morgan fingerprint density at radius 1 is 1.14 bits per heavy atom. The lowest BCUT2D eigenvalue weighted by molar-refractivity contribution is -0.157. The number of nitrogens with one attached hydrogen (secondary N) is 1. The normalized spacial score (nSPS) is 21.7. The lowest BCUT2D eigenvalue weighted by atomic mass is 9.90. The maximum Gasteiger partial charge on any atom is 0.323 e. The van der Waals surface area contributed by atoms with E-state index in [1.807, 2.05) is 39.0 Å². The van der Waals surface area contributed by atoms with Gasteiger partial charge in [-0.3, -0.25) is 14.9 Å². The summed E-state index contributed by atoms with van der Waals surface area (Å²) in [6.07, 6.45) is 1.16. The lowest BCUT2D eigenvalue weighted by Crippen LogP contribution is -2.38. The van der Waals surface area contributed by atoms with Gasteiger partial charge in [0.25, 0.3) is 0 Å². The molecule has 7 nitrogen and oxygen atoms in total. The average Bonchev–Trinajstić information content (AvgIpc) is 3.10. The summed E-state index contributed by atoms with van der Waals surface area (Å²) >= 11 is 0. The molecule has 0 radical (unpaired) electrons. The second kappa shape index (κ2) is 10.1. The van der Waals surface area contributed by atoms with E-state index in [9.17, 15) is 9.59 Å². The zero-order valence-electron chi connectivity index (χ0n) is 18.2. The van der Waals surface area contributed by atoms with Crippen LogP contribution < -0.4 is 14.8 Å². The van der Waals surface area contributed by atoms with Crippen LogP contribution in [0, 0.1) is 5.92 Å². The van der Waals surface area contributed by atoms with Gasteiger partial charge in [-0.15, -0.1) is 0 Å². The first-order valence-electron chi connectivity index (χ1n) is 9.95. The summed E-state index contributed by atoms with van der Waals surface area (Å²) in [4.78, 5) is 24.8. The Balaban J connectivity index is 2.21. The highest BCUT2D eigenvalue weighted by atomic mass is 16.6. The van der Waals surface area contributed by atoms with E-state index in [1.54, 1.807) is 21.1 Å². The molecule has 1 N–H and O–H groups in total. The Morgan fingerprint density at radius 3 is 2.45 bits per heavy atom. The van der Waals surface area contributed by atoms with Gasteiger partial charge >= 0.3 is 5.97 Å². The molecule has 0 aliphatic carbocycles. The fourth-order valence-corrected chi connectivity index (χ4v) is 3.44. The van der Waals surface area contributed by atoms with Gasteiger partial charge in [0.2, 0.25) is 0 Å². The van der Waals surface area contributed by atoms with Gasteiger partial charge < -0.3 is 18.9 Å². The number of rotatable bonds is 9. The van der Waals surface area contributed by atoms with Crippen LogP contribution in [0.3, 0.4) is 0 Å². The number of ketones is 1. The molecule has 1 heterocycles. The molecule has 2 rings (SSSR count). The van der Waals surface area contributed by atoms with E-state index in [0.717, 1.165) is 12.0 Å². The highest BCUT2D eigenvalue weighted by molar-refractivity contribution is 5.83. The molecule has 0 saturated carbocycles. The number of hydrogen-bond donors (Lipinski definition) is 1.